The Hall–Kier alpha value is -4.48. The first-order valence-electron chi connectivity index (χ1n) is 11.6. The van der Waals surface area contributed by atoms with Crippen molar-refractivity contribution in [2.45, 2.75) is 39.4 Å². The van der Waals surface area contributed by atoms with Crippen molar-refractivity contribution in [2.24, 2.45) is 0 Å². The number of pyridine rings is 1. The van der Waals surface area contributed by atoms with Gasteiger partial charge in [0.1, 0.15) is 11.4 Å². The minimum atomic E-state index is -1.12. The summed E-state index contributed by atoms with van der Waals surface area (Å²) in [5.41, 5.74) is -1.38. The fraction of sp³-hybridized carbons (Fsp3) is 0.320. The number of nitrogens with one attached hydrogen (secondary N) is 2. The lowest BCUT2D eigenvalue weighted by atomic mass is 10.0. The number of carbonyl (C=O) groups is 3. The summed E-state index contributed by atoms with van der Waals surface area (Å²) in [5, 5.41) is 15.7. The molecule has 4 rings (SSSR count). The standard InChI is InChI=1S/C25H26FN5O6/c1-5-30-11-14-9-16(28-23(35)25(37)29(3)4)18-17(20(32)21(33)19(24(30)36)31(14)18)22(34)27-10-13-7-6-12(2)8-15(13)26/h6-8,11,16,33H,5,9-10H2,1-4H3,(H,27,34)(H,28,35). The lowest BCUT2D eigenvalue weighted by Crippen LogP contribution is -2.42. The largest absolute Gasteiger partial charge is 0.503 e. The molecule has 0 aliphatic carbocycles. The molecule has 37 heavy (non-hydrogen) atoms. The lowest BCUT2D eigenvalue weighted by Gasteiger charge is -2.18. The summed E-state index contributed by atoms with van der Waals surface area (Å²) in [7, 11) is 2.79. The van der Waals surface area contributed by atoms with E-state index in [1.165, 1.54) is 41.4 Å². The van der Waals surface area contributed by atoms with Gasteiger partial charge in [-0.05, 0) is 25.5 Å². The average Bonchev–Trinajstić information content (AvgIpc) is 3.18. The molecule has 0 saturated carbocycles. The zero-order valence-corrected chi connectivity index (χ0v) is 20.7. The number of amides is 3. The van der Waals surface area contributed by atoms with Crippen LogP contribution in [0.1, 0.15) is 45.8 Å². The van der Waals surface area contributed by atoms with E-state index in [1.54, 1.807) is 19.9 Å². The number of benzene rings is 1. The highest BCUT2D eigenvalue weighted by atomic mass is 19.1. The van der Waals surface area contributed by atoms with E-state index in [9.17, 15) is 33.5 Å². The number of halogens is 1. The zero-order valence-electron chi connectivity index (χ0n) is 20.7. The fourth-order valence-corrected chi connectivity index (χ4v) is 4.44. The van der Waals surface area contributed by atoms with Crippen LogP contribution in [0.5, 0.6) is 5.75 Å². The Kier molecular flexibility index (Phi) is 6.59. The molecule has 194 valence electrons. The van der Waals surface area contributed by atoms with E-state index in [2.05, 4.69) is 10.6 Å². The molecule has 0 bridgehead atoms. The highest BCUT2D eigenvalue weighted by Crippen LogP contribution is 2.32. The summed E-state index contributed by atoms with van der Waals surface area (Å²) >= 11 is 0. The van der Waals surface area contributed by atoms with Gasteiger partial charge in [0.2, 0.25) is 5.43 Å². The molecule has 1 aliphatic heterocycles. The Morgan fingerprint density at radius 2 is 1.92 bits per heavy atom. The van der Waals surface area contributed by atoms with Crippen LogP contribution in [0.3, 0.4) is 0 Å². The summed E-state index contributed by atoms with van der Waals surface area (Å²) < 4.78 is 16.9. The molecular weight excluding hydrogens is 485 g/mol. The number of nitrogens with zero attached hydrogens (tertiary/aromatic N) is 3. The van der Waals surface area contributed by atoms with Crippen LogP contribution in [-0.2, 0) is 29.1 Å². The number of hydrogen-bond acceptors (Lipinski definition) is 6. The second-order valence-electron chi connectivity index (χ2n) is 9.04. The van der Waals surface area contributed by atoms with Crippen LogP contribution in [0.15, 0.2) is 34.0 Å². The molecule has 3 N–H and O–H groups in total. The Morgan fingerprint density at radius 1 is 1.22 bits per heavy atom. The summed E-state index contributed by atoms with van der Waals surface area (Å²) in [6.45, 7) is 3.40. The van der Waals surface area contributed by atoms with Crippen LogP contribution in [0.2, 0.25) is 0 Å². The molecule has 0 radical (unpaired) electrons. The van der Waals surface area contributed by atoms with Crippen LogP contribution >= 0.6 is 0 Å². The fourth-order valence-electron chi connectivity index (χ4n) is 4.44. The minimum absolute atomic E-state index is 0.0407. The van der Waals surface area contributed by atoms with E-state index >= 15 is 0 Å². The third-order valence-electron chi connectivity index (χ3n) is 6.31. The quantitative estimate of drug-likeness (QED) is 0.423. The predicted molar refractivity (Wildman–Crippen MR) is 131 cm³/mol. The number of hydrogen-bond donors (Lipinski definition) is 3. The van der Waals surface area contributed by atoms with E-state index in [-0.39, 0.29) is 36.3 Å². The van der Waals surface area contributed by atoms with Crippen LogP contribution in [-0.4, -0.2) is 50.8 Å². The maximum atomic E-state index is 14.3. The number of aryl methyl sites for hydroxylation is 2. The first kappa shape index (κ1) is 25.6. The van der Waals surface area contributed by atoms with Gasteiger partial charge < -0.3 is 29.6 Å². The maximum absolute atomic E-state index is 14.3. The third kappa shape index (κ3) is 4.34. The molecule has 3 heterocycles. The van der Waals surface area contributed by atoms with E-state index < -0.39 is 51.9 Å². The Labute approximate surface area is 210 Å². The number of aromatic hydroxyl groups is 1. The Morgan fingerprint density at radius 3 is 2.54 bits per heavy atom. The van der Waals surface area contributed by atoms with Crippen molar-refractivity contribution in [3.8, 4) is 5.75 Å². The second-order valence-corrected chi connectivity index (χ2v) is 9.04. The first-order valence-corrected chi connectivity index (χ1v) is 11.6. The van der Waals surface area contributed by atoms with Crippen LogP contribution in [0, 0.1) is 12.7 Å². The molecule has 3 amide bonds. The Balaban J connectivity index is 1.86. The second kappa shape index (κ2) is 9.52. The van der Waals surface area contributed by atoms with E-state index in [0.717, 1.165) is 4.90 Å². The van der Waals surface area contributed by atoms with Gasteiger partial charge in [-0.25, -0.2) is 4.39 Å². The maximum Gasteiger partial charge on any atom is 0.311 e. The number of aromatic nitrogens is 2. The smallest absolute Gasteiger partial charge is 0.311 e. The van der Waals surface area contributed by atoms with E-state index in [1.807, 2.05) is 0 Å². The van der Waals surface area contributed by atoms with Gasteiger partial charge in [-0.15, -0.1) is 0 Å². The summed E-state index contributed by atoms with van der Waals surface area (Å²) in [4.78, 5) is 65.3. The van der Waals surface area contributed by atoms with Gasteiger partial charge in [-0.2, -0.15) is 0 Å². The van der Waals surface area contributed by atoms with Gasteiger partial charge >= 0.3 is 11.8 Å². The molecule has 0 fully saturated rings. The predicted octanol–water partition coefficient (Wildman–Crippen LogP) is 0.366. The molecule has 1 aliphatic rings. The van der Waals surface area contributed by atoms with Crippen molar-refractivity contribution in [1.82, 2.24) is 24.5 Å². The summed E-state index contributed by atoms with van der Waals surface area (Å²) in [6.07, 6.45) is 1.55. The first-order chi connectivity index (χ1) is 17.5. The third-order valence-corrected chi connectivity index (χ3v) is 6.31. The molecule has 1 atom stereocenters. The molecule has 0 saturated heterocycles. The van der Waals surface area contributed by atoms with Crippen molar-refractivity contribution in [1.29, 1.82) is 0 Å². The van der Waals surface area contributed by atoms with Crippen molar-refractivity contribution in [3.05, 3.63) is 78.9 Å². The van der Waals surface area contributed by atoms with Gasteiger partial charge in [0, 0.05) is 51.1 Å². The topological polar surface area (TPSA) is 142 Å². The SMILES string of the molecule is CCn1cc2n3c(c(C(=O)NCc4ccc(C)cc4F)c(=O)c(O)c3c1=O)C(NC(=O)C(=O)N(C)C)C2. The molecule has 11 nitrogen and oxygen atoms in total. The highest BCUT2D eigenvalue weighted by molar-refractivity contribution is 6.34. The summed E-state index contributed by atoms with van der Waals surface area (Å²) in [5.74, 6) is -4.22. The molecule has 1 unspecified atom stereocenters. The molecule has 12 heteroatoms. The van der Waals surface area contributed by atoms with Crippen molar-refractivity contribution in [3.63, 3.8) is 0 Å². The normalized spacial score (nSPS) is 14.0. The zero-order chi connectivity index (χ0) is 27.2. The van der Waals surface area contributed by atoms with Crippen LogP contribution in [0.4, 0.5) is 4.39 Å². The molecule has 1 aromatic carbocycles. The Bertz CT molecular complexity index is 1590. The monoisotopic (exact) mass is 511 g/mol. The van der Waals surface area contributed by atoms with Gasteiger partial charge in [-0.1, -0.05) is 12.1 Å². The average molecular weight is 512 g/mol. The molecular formula is C25H26FN5O6. The number of rotatable bonds is 5. The highest BCUT2D eigenvalue weighted by Gasteiger charge is 2.37. The van der Waals surface area contributed by atoms with E-state index in [0.29, 0.717) is 11.3 Å². The van der Waals surface area contributed by atoms with Crippen molar-refractivity contribution >= 4 is 23.2 Å². The van der Waals surface area contributed by atoms with Crippen LogP contribution in [0.25, 0.3) is 5.52 Å². The van der Waals surface area contributed by atoms with Crippen molar-refractivity contribution < 1.29 is 23.9 Å². The van der Waals surface area contributed by atoms with Gasteiger partial charge in [-0.3, -0.25) is 24.0 Å². The number of likely N-dealkylation sites (N-methyl/N-ethyl adjacent to an activating group) is 1. The number of carbonyl (C=O) groups excluding carboxylic acids is 3. The van der Waals surface area contributed by atoms with Crippen LogP contribution < -0.4 is 21.6 Å². The molecule has 2 aromatic heterocycles. The summed E-state index contributed by atoms with van der Waals surface area (Å²) in [6, 6.07) is 3.43. The minimum Gasteiger partial charge on any atom is -0.503 e. The molecule has 0 spiro atoms. The van der Waals surface area contributed by atoms with E-state index in [4.69, 9.17) is 0 Å². The van der Waals surface area contributed by atoms with Crippen molar-refractivity contribution in [2.75, 3.05) is 14.1 Å². The lowest BCUT2D eigenvalue weighted by molar-refractivity contribution is -0.144. The van der Waals surface area contributed by atoms with Gasteiger partial charge in [0.15, 0.2) is 11.3 Å². The van der Waals surface area contributed by atoms with Gasteiger partial charge in [0.25, 0.3) is 11.5 Å². The molecule has 3 aromatic rings. The van der Waals surface area contributed by atoms with Gasteiger partial charge in [0.05, 0.1) is 11.7 Å².